The maximum Gasteiger partial charge on any atom is 2.00 e. The fourth-order valence-electron chi connectivity index (χ4n) is 2.69. The molecule has 2 N–H and O–H groups in total. The van der Waals surface area contributed by atoms with Crippen molar-refractivity contribution in [1.29, 1.82) is 0 Å². The van der Waals surface area contributed by atoms with Gasteiger partial charge in [-0.25, -0.2) is 0 Å². The second kappa shape index (κ2) is 13.6. The third-order valence-corrected chi connectivity index (χ3v) is 3.75. The number of aromatic nitrogens is 2. The summed E-state index contributed by atoms with van der Waals surface area (Å²) in [7, 11) is 0. The van der Waals surface area contributed by atoms with Gasteiger partial charge in [0.15, 0.2) is 0 Å². The van der Waals surface area contributed by atoms with E-state index in [-0.39, 0.29) is 19.5 Å². The molecule has 130 valence electrons. The van der Waals surface area contributed by atoms with Gasteiger partial charge >= 0.3 is 19.5 Å². The van der Waals surface area contributed by atoms with Gasteiger partial charge in [-0.3, -0.25) is 0 Å². The Kier molecular flexibility index (Phi) is 13.1. The van der Waals surface area contributed by atoms with Crippen LogP contribution < -0.4 is 0 Å². The Bertz CT molecular complexity index is 412. The molecule has 0 amide bonds. The molecule has 3 heteroatoms. The molecule has 2 aromatic rings. The molecule has 0 saturated heterocycles. The Balaban J connectivity index is 0.000000403. The summed E-state index contributed by atoms with van der Waals surface area (Å²) < 4.78 is 0. The van der Waals surface area contributed by atoms with Gasteiger partial charge in [0.05, 0.1) is 0 Å². The van der Waals surface area contributed by atoms with Crippen LogP contribution in [-0.2, 0) is 45.2 Å². The molecule has 0 aromatic carbocycles. The summed E-state index contributed by atoms with van der Waals surface area (Å²) in [6, 6.07) is 0. The molecule has 0 fully saturated rings. The minimum atomic E-state index is 0. The normalized spacial score (nSPS) is 9.91. The van der Waals surface area contributed by atoms with Crippen LogP contribution in [0, 0.1) is 12.4 Å². The van der Waals surface area contributed by atoms with Crippen LogP contribution >= 0.6 is 0 Å². The van der Waals surface area contributed by atoms with E-state index in [2.05, 4.69) is 62.5 Å². The number of rotatable bonds is 8. The van der Waals surface area contributed by atoms with E-state index in [4.69, 9.17) is 0 Å². The predicted molar refractivity (Wildman–Crippen MR) is 95.2 cm³/mol. The SMILES string of the molecule is CCCc1[c-][nH]cc1CCC.CCCc1[c-][nH]cc1CCC.[Ru+2]. The molecule has 23 heavy (non-hydrogen) atoms. The number of H-pyrrole nitrogens is 2. The molecular formula is C20H32N2Ru. The Labute approximate surface area is 155 Å². The smallest absolute Gasteiger partial charge is 0.484 e. The maximum atomic E-state index is 3.17. The van der Waals surface area contributed by atoms with Gasteiger partial charge < -0.3 is 9.97 Å². The first-order valence-corrected chi connectivity index (χ1v) is 8.90. The number of hydrogen-bond donors (Lipinski definition) is 2. The number of hydrogen-bond acceptors (Lipinski definition) is 0. The van der Waals surface area contributed by atoms with Gasteiger partial charge in [0.1, 0.15) is 0 Å². The molecule has 0 bridgehead atoms. The maximum absolute atomic E-state index is 3.17. The van der Waals surface area contributed by atoms with Crippen LogP contribution in [0.25, 0.3) is 0 Å². The van der Waals surface area contributed by atoms with Crippen LogP contribution in [0.15, 0.2) is 12.4 Å². The monoisotopic (exact) mass is 402 g/mol. The van der Waals surface area contributed by atoms with Gasteiger partial charge in [0, 0.05) is 0 Å². The zero-order chi connectivity index (χ0) is 16.2. The van der Waals surface area contributed by atoms with E-state index in [1.165, 1.54) is 73.6 Å². The van der Waals surface area contributed by atoms with Gasteiger partial charge in [0.2, 0.25) is 0 Å². The molecule has 0 radical (unpaired) electrons. The van der Waals surface area contributed by atoms with Gasteiger partial charge in [-0.05, 0) is 0 Å². The summed E-state index contributed by atoms with van der Waals surface area (Å²) in [5.74, 6) is 0. The molecule has 0 aliphatic heterocycles. The van der Waals surface area contributed by atoms with Crippen molar-refractivity contribution in [2.24, 2.45) is 0 Å². The number of aryl methyl sites for hydroxylation is 4. The van der Waals surface area contributed by atoms with Crippen molar-refractivity contribution in [2.75, 3.05) is 0 Å². The molecule has 0 saturated carbocycles. The van der Waals surface area contributed by atoms with E-state index in [0.29, 0.717) is 0 Å². The molecular weight excluding hydrogens is 369 g/mol. The fraction of sp³-hybridized carbons (Fsp3) is 0.600. The summed E-state index contributed by atoms with van der Waals surface area (Å²) >= 11 is 0. The molecule has 0 unspecified atom stereocenters. The van der Waals surface area contributed by atoms with Crippen LogP contribution in [0.3, 0.4) is 0 Å². The molecule has 0 spiro atoms. The first-order chi connectivity index (χ1) is 10.8. The molecule has 0 aliphatic rings. The van der Waals surface area contributed by atoms with Crippen molar-refractivity contribution < 1.29 is 19.5 Å². The van der Waals surface area contributed by atoms with Crippen LogP contribution in [0.5, 0.6) is 0 Å². The van der Waals surface area contributed by atoms with Crippen molar-refractivity contribution in [3.05, 3.63) is 47.0 Å². The first kappa shape index (κ1) is 22.2. The fourth-order valence-corrected chi connectivity index (χ4v) is 2.69. The summed E-state index contributed by atoms with van der Waals surface area (Å²) in [6.07, 6.45) is 20.1. The van der Waals surface area contributed by atoms with Crippen LogP contribution in [0.2, 0.25) is 0 Å². The van der Waals surface area contributed by atoms with Gasteiger partial charge in [0.25, 0.3) is 0 Å². The quantitative estimate of drug-likeness (QED) is 0.436. The molecule has 2 nitrogen and oxygen atoms in total. The Morgan fingerprint density at radius 2 is 1.00 bits per heavy atom. The largest absolute Gasteiger partial charge is 2.00 e. The second-order valence-corrected chi connectivity index (χ2v) is 5.83. The predicted octanol–water partition coefficient (Wildman–Crippen LogP) is 5.44. The molecule has 0 atom stereocenters. The number of aromatic amines is 2. The van der Waals surface area contributed by atoms with Crippen molar-refractivity contribution in [3.63, 3.8) is 0 Å². The van der Waals surface area contributed by atoms with Crippen molar-refractivity contribution in [2.45, 2.75) is 79.1 Å². The second-order valence-electron chi connectivity index (χ2n) is 5.83. The van der Waals surface area contributed by atoms with E-state index in [9.17, 15) is 0 Å². The van der Waals surface area contributed by atoms with Gasteiger partial charge in [-0.1, -0.05) is 79.1 Å². The van der Waals surface area contributed by atoms with Crippen molar-refractivity contribution >= 4 is 0 Å². The van der Waals surface area contributed by atoms with E-state index in [1.807, 2.05) is 0 Å². The first-order valence-electron chi connectivity index (χ1n) is 8.90. The van der Waals surface area contributed by atoms with Crippen molar-refractivity contribution in [1.82, 2.24) is 9.97 Å². The van der Waals surface area contributed by atoms with E-state index < -0.39 is 0 Å². The molecule has 2 rings (SSSR count). The zero-order valence-corrected chi connectivity index (χ0v) is 16.9. The Morgan fingerprint density at radius 1 is 0.652 bits per heavy atom. The minimum absolute atomic E-state index is 0. The van der Waals surface area contributed by atoms with E-state index in [0.717, 1.165) is 0 Å². The zero-order valence-electron chi connectivity index (χ0n) is 15.2. The van der Waals surface area contributed by atoms with Crippen LogP contribution in [-0.4, -0.2) is 9.97 Å². The van der Waals surface area contributed by atoms with Gasteiger partial charge in [-0.15, -0.1) is 24.8 Å². The third-order valence-electron chi connectivity index (χ3n) is 3.75. The summed E-state index contributed by atoms with van der Waals surface area (Å²) in [4.78, 5) is 6.09. The van der Waals surface area contributed by atoms with E-state index in [1.54, 1.807) is 0 Å². The van der Waals surface area contributed by atoms with Gasteiger partial charge in [-0.2, -0.15) is 22.3 Å². The Hall–Kier alpha value is -0.817. The van der Waals surface area contributed by atoms with Crippen LogP contribution in [0.4, 0.5) is 0 Å². The summed E-state index contributed by atoms with van der Waals surface area (Å²) in [5.41, 5.74) is 5.67. The van der Waals surface area contributed by atoms with E-state index >= 15 is 0 Å². The molecule has 2 aromatic heterocycles. The Morgan fingerprint density at radius 3 is 1.30 bits per heavy atom. The number of nitrogens with one attached hydrogen (secondary N) is 2. The standard InChI is InChI=1S/2C10H16N.Ru/c2*1-3-5-9-7-11-8-10(9)6-4-2;/h2*7,11H,3-6H2,1-2H3;/q2*-1;+2. The summed E-state index contributed by atoms with van der Waals surface area (Å²) in [5, 5.41) is 0. The molecule has 0 aliphatic carbocycles. The topological polar surface area (TPSA) is 31.6 Å². The third kappa shape index (κ3) is 8.02. The summed E-state index contributed by atoms with van der Waals surface area (Å²) in [6.45, 7) is 8.83. The average Bonchev–Trinajstić information content (AvgIpc) is 3.12. The van der Waals surface area contributed by atoms with Crippen LogP contribution in [0.1, 0.15) is 75.6 Å². The minimum Gasteiger partial charge on any atom is -0.484 e. The van der Waals surface area contributed by atoms with Crippen molar-refractivity contribution in [3.8, 4) is 0 Å². The molecule has 2 heterocycles. The average molecular weight is 402 g/mol.